The summed E-state index contributed by atoms with van der Waals surface area (Å²) in [5.74, 6) is 5.08. The molecule has 5 aliphatic rings. The lowest BCUT2D eigenvalue weighted by atomic mass is 9.83. The number of rotatable bonds is 5. The van der Waals surface area contributed by atoms with E-state index in [4.69, 9.17) is 8.23 Å². The zero-order chi connectivity index (χ0) is 17.9. The second-order valence-corrected chi connectivity index (χ2v) is 25.3. The van der Waals surface area contributed by atoms with Gasteiger partial charge in [0.05, 0.1) is 0 Å². The van der Waals surface area contributed by atoms with Crippen LogP contribution in [0.15, 0.2) is 0 Å². The Hall–Kier alpha value is 0.571. The summed E-state index contributed by atoms with van der Waals surface area (Å²) in [6.07, 6.45) is 2.84. The van der Waals surface area contributed by atoms with Crippen LogP contribution in [0.2, 0.25) is 50.4 Å². The van der Waals surface area contributed by atoms with Gasteiger partial charge in [0, 0.05) is 11.1 Å². The minimum Gasteiger partial charge on any atom is -0.436 e. The lowest BCUT2D eigenvalue weighted by molar-refractivity contribution is 0.257. The molecule has 0 amide bonds. The number of hydrogen-bond donors (Lipinski definition) is 0. The largest absolute Gasteiger partial charge is 0.436 e. The summed E-state index contributed by atoms with van der Waals surface area (Å²) in [6, 6.07) is 0. The summed E-state index contributed by atoms with van der Waals surface area (Å²) in [6.45, 7) is 21.6. The van der Waals surface area contributed by atoms with Crippen LogP contribution in [-0.2, 0) is 8.23 Å². The molecule has 0 spiro atoms. The fourth-order valence-electron chi connectivity index (χ4n) is 7.07. The lowest BCUT2D eigenvalue weighted by Gasteiger charge is -2.48. The van der Waals surface area contributed by atoms with Gasteiger partial charge in [0.1, 0.15) is 0 Å². The summed E-state index contributed by atoms with van der Waals surface area (Å²) in [5.41, 5.74) is 2.00. The predicted molar refractivity (Wildman–Crippen MR) is 108 cm³/mol. The van der Waals surface area contributed by atoms with Crippen molar-refractivity contribution < 1.29 is 8.23 Å². The summed E-state index contributed by atoms with van der Waals surface area (Å²) in [5, 5.41) is 0. The summed E-state index contributed by atoms with van der Waals surface area (Å²) >= 11 is 0. The van der Waals surface area contributed by atoms with E-state index in [0.717, 1.165) is 40.7 Å². The smallest absolute Gasteiger partial charge is 0.324 e. The highest BCUT2D eigenvalue weighted by atomic mass is 28.5. The SMILES string of the molecule is CC(C)(C)C[C@@H]1[C@H]2C3C4[C@H]3C[C@H]2[C@@H]4[Si]1(O[Si](C)(C)C)O[Si](C)(C)C. The maximum absolute atomic E-state index is 7.24. The van der Waals surface area contributed by atoms with Gasteiger partial charge in [0.2, 0.25) is 0 Å². The molecular formula is C19H38O2Si3. The van der Waals surface area contributed by atoms with Crippen molar-refractivity contribution in [3.63, 3.8) is 0 Å². The Morgan fingerprint density at radius 3 is 1.79 bits per heavy atom. The molecule has 138 valence electrons. The maximum Gasteiger partial charge on any atom is 0.324 e. The van der Waals surface area contributed by atoms with Gasteiger partial charge in [-0.3, -0.25) is 0 Å². The van der Waals surface area contributed by atoms with Gasteiger partial charge in [-0.15, -0.1) is 0 Å². The van der Waals surface area contributed by atoms with Crippen LogP contribution in [0.1, 0.15) is 33.6 Å². The average Bonchev–Trinajstić information content (AvgIpc) is 2.68. The van der Waals surface area contributed by atoms with E-state index < -0.39 is 25.2 Å². The first-order valence-corrected chi connectivity index (χ1v) is 18.9. The molecule has 7 atom stereocenters. The topological polar surface area (TPSA) is 18.5 Å². The molecular weight excluding hydrogens is 344 g/mol. The van der Waals surface area contributed by atoms with Crippen molar-refractivity contribution in [2.75, 3.05) is 0 Å². The second-order valence-electron chi connectivity index (χ2n) is 12.3. The van der Waals surface area contributed by atoms with Gasteiger partial charge in [0.15, 0.2) is 16.6 Å². The monoisotopic (exact) mass is 382 g/mol. The molecule has 0 radical (unpaired) electrons. The van der Waals surface area contributed by atoms with Crippen LogP contribution in [0.5, 0.6) is 0 Å². The molecule has 2 nitrogen and oxygen atoms in total. The van der Waals surface area contributed by atoms with Crippen molar-refractivity contribution in [3.8, 4) is 0 Å². The fourth-order valence-corrected chi connectivity index (χ4v) is 21.9. The standard InChI is InChI=1S/C19H38O2Si3/c1-19(2,3)11-14-15-13-10-12-16(15)17(12)18(13)24(14,20-22(4,5)6)21-23(7,8)9/h12-18H,10-11H2,1-9H3/t12-,13+,14+,15-,16?,17?,18-/m0/s1. The van der Waals surface area contributed by atoms with Gasteiger partial charge in [-0.05, 0) is 87.1 Å². The zero-order valence-electron chi connectivity index (χ0n) is 17.3. The van der Waals surface area contributed by atoms with Gasteiger partial charge < -0.3 is 8.23 Å². The first-order valence-electron chi connectivity index (χ1n) is 10.1. The van der Waals surface area contributed by atoms with Gasteiger partial charge in [-0.2, -0.15) is 0 Å². The van der Waals surface area contributed by atoms with Gasteiger partial charge in [-0.25, -0.2) is 0 Å². The molecule has 0 aromatic rings. The molecule has 1 heterocycles. The molecule has 5 rings (SSSR count). The molecule has 5 fully saturated rings. The van der Waals surface area contributed by atoms with Crippen molar-refractivity contribution in [2.24, 2.45) is 35.0 Å². The number of hydrogen-bond acceptors (Lipinski definition) is 2. The van der Waals surface area contributed by atoms with Crippen molar-refractivity contribution in [2.45, 2.75) is 84.0 Å². The molecule has 24 heavy (non-hydrogen) atoms. The Kier molecular flexibility index (Phi) is 3.66. The Balaban J connectivity index is 1.76. The van der Waals surface area contributed by atoms with Crippen LogP contribution < -0.4 is 0 Å². The van der Waals surface area contributed by atoms with E-state index in [9.17, 15) is 0 Å². The molecule has 1 aliphatic heterocycles. The first-order chi connectivity index (χ1) is 10.7. The molecule has 0 N–H and O–H groups in total. The van der Waals surface area contributed by atoms with Crippen LogP contribution in [0.4, 0.5) is 0 Å². The third-order valence-corrected chi connectivity index (χ3v) is 17.7. The van der Waals surface area contributed by atoms with Gasteiger partial charge in [-0.1, -0.05) is 20.8 Å². The highest BCUT2D eigenvalue weighted by molar-refractivity contribution is 6.90. The molecule has 6 bridgehead atoms. The lowest BCUT2D eigenvalue weighted by Crippen LogP contribution is -2.60. The molecule has 0 aromatic heterocycles. The van der Waals surface area contributed by atoms with E-state index in [1.54, 1.807) is 0 Å². The van der Waals surface area contributed by atoms with Gasteiger partial charge in [0.25, 0.3) is 0 Å². The van der Waals surface area contributed by atoms with Crippen LogP contribution in [-0.4, -0.2) is 25.2 Å². The van der Waals surface area contributed by atoms with Crippen molar-refractivity contribution in [3.05, 3.63) is 0 Å². The zero-order valence-corrected chi connectivity index (χ0v) is 20.3. The molecule has 2 unspecified atom stereocenters. The van der Waals surface area contributed by atoms with E-state index in [2.05, 4.69) is 60.1 Å². The van der Waals surface area contributed by atoms with Crippen LogP contribution in [0.25, 0.3) is 0 Å². The predicted octanol–water partition coefficient (Wildman–Crippen LogP) is 5.83. The van der Waals surface area contributed by atoms with E-state index in [-0.39, 0.29) is 0 Å². The molecule has 4 saturated carbocycles. The third kappa shape index (κ3) is 2.60. The first kappa shape index (κ1) is 18.0. The van der Waals surface area contributed by atoms with Crippen molar-refractivity contribution >= 4 is 25.2 Å². The molecule has 1 saturated heterocycles. The van der Waals surface area contributed by atoms with E-state index in [1.807, 2.05) is 0 Å². The highest BCUT2D eigenvalue weighted by Gasteiger charge is 2.87. The van der Waals surface area contributed by atoms with E-state index in [1.165, 1.54) is 12.8 Å². The minimum atomic E-state index is -2.14. The second kappa shape index (κ2) is 4.89. The van der Waals surface area contributed by atoms with E-state index in [0.29, 0.717) is 5.41 Å². The fraction of sp³-hybridized carbons (Fsp3) is 1.00. The van der Waals surface area contributed by atoms with Crippen molar-refractivity contribution in [1.82, 2.24) is 0 Å². The van der Waals surface area contributed by atoms with Crippen LogP contribution in [0, 0.1) is 35.0 Å². The Labute approximate surface area is 152 Å². The normalized spacial score (nSPS) is 45.1. The Morgan fingerprint density at radius 2 is 1.38 bits per heavy atom. The quantitative estimate of drug-likeness (QED) is 0.557. The highest BCUT2D eigenvalue weighted by Crippen LogP contribution is 2.88. The molecule has 4 aliphatic carbocycles. The third-order valence-electron chi connectivity index (χ3n) is 6.86. The average molecular weight is 383 g/mol. The summed E-state index contributed by atoms with van der Waals surface area (Å²) in [4.78, 5) is 0. The molecule has 5 heteroatoms. The Morgan fingerprint density at radius 1 is 0.833 bits per heavy atom. The van der Waals surface area contributed by atoms with Crippen LogP contribution in [0.3, 0.4) is 0 Å². The van der Waals surface area contributed by atoms with Gasteiger partial charge >= 0.3 is 8.56 Å². The summed E-state index contributed by atoms with van der Waals surface area (Å²) in [7, 11) is -5.37. The maximum atomic E-state index is 7.24. The van der Waals surface area contributed by atoms with E-state index >= 15 is 0 Å². The van der Waals surface area contributed by atoms with Crippen molar-refractivity contribution in [1.29, 1.82) is 0 Å². The van der Waals surface area contributed by atoms with Crippen LogP contribution >= 0.6 is 0 Å². The minimum absolute atomic E-state index is 0.383. The Bertz CT molecular complexity index is 526. The summed E-state index contributed by atoms with van der Waals surface area (Å²) < 4.78 is 14.5. The molecule has 0 aromatic carbocycles.